The summed E-state index contributed by atoms with van der Waals surface area (Å²) >= 11 is 8.84. The molecule has 0 bridgehead atoms. The van der Waals surface area contributed by atoms with Crippen molar-refractivity contribution in [3.05, 3.63) is 11.6 Å². The van der Waals surface area contributed by atoms with Crippen molar-refractivity contribution in [3.8, 4) is 0 Å². The summed E-state index contributed by atoms with van der Waals surface area (Å²) < 4.78 is 0.758. The van der Waals surface area contributed by atoms with Gasteiger partial charge in [0.25, 0.3) is 0 Å². The zero-order chi connectivity index (χ0) is 20.8. The topological polar surface area (TPSA) is 20.2 Å². The van der Waals surface area contributed by atoms with Gasteiger partial charge in [-0.2, -0.15) is 0 Å². The van der Waals surface area contributed by atoms with Gasteiger partial charge in [-0.25, -0.2) is 0 Å². The molecule has 5 fully saturated rings. The van der Waals surface area contributed by atoms with Crippen molar-refractivity contribution in [2.45, 2.75) is 80.0 Å². The minimum atomic E-state index is -0.108. The van der Waals surface area contributed by atoms with Gasteiger partial charge in [0, 0.05) is 23.0 Å². The predicted octanol–water partition coefficient (Wildman–Crippen LogP) is 6.91. The quantitative estimate of drug-likeness (QED) is 0.409. The second kappa shape index (κ2) is 7.30. The van der Waals surface area contributed by atoms with Crippen molar-refractivity contribution in [2.75, 3.05) is 23.0 Å². The summed E-state index contributed by atoms with van der Waals surface area (Å²) in [6.45, 7) is 7.68. The molecule has 0 aromatic carbocycles. The molecule has 2 aliphatic heterocycles. The third kappa shape index (κ3) is 2.96. The van der Waals surface area contributed by atoms with Crippen LogP contribution in [0.2, 0.25) is 0 Å². The van der Waals surface area contributed by atoms with Crippen LogP contribution in [0.25, 0.3) is 0 Å². The Morgan fingerprint density at radius 1 is 0.900 bits per heavy atom. The normalized spacial score (nSPS) is 51.3. The zero-order valence-electron chi connectivity index (χ0n) is 18.8. The Hall–Kier alpha value is 1.10. The molecule has 2 heterocycles. The number of rotatable bonds is 1. The zero-order valence-corrected chi connectivity index (χ0v) is 22.1. The van der Waals surface area contributed by atoms with Gasteiger partial charge in [-0.3, -0.25) is 0 Å². The fourth-order valence-corrected chi connectivity index (χ4v) is 15.7. The molecule has 1 spiro atoms. The van der Waals surface area contributed by atoms with E-state index in [1.165, 1.54) is 61.5 Å². The highest BCUT2D eigenvalue weighted by Crippen LogP contribution is 2.71. The molecule has 0 amide bonds. The number of aliphatic hydroxyl groups excluding tert-OH is 1. The molecule has 1 N–H and O–H groups in total. The fourth-order valence-electron chi connectivity index (χ4n) is 9.10. The molecule has 0 aromatic rings. The minimum absolute atomic E-state index is 0.108. The Morgan fingerprint density at radius 2 is 1.60 bits per heavy atom. The average Bonchev–Trinajstić information content (AvgIpc) is 3.41. The number of aliphatic hydroxyl groups is 1. The van der Waals surface area contributed by atoms with E-state index in [9.17, 15) is 5.11 Å². The molecule has 7 atom stereocenters. The van der Waals surface area contributed by atoms with Gasteiger partial charge in [-0.05, 0) is 86.4 Å². The Bertz CT molecular complexity index is 739. The van der Waals surface area contributed by atoms with Gasteiger partial charge in [0.1, 0.15) is 0 Å². The molecule has 7 unspecified atom stereocenters. The second-order valence-electron chi connectivity index (χ2n) is 11.6. The van der Waals surface area contributed by atoms with Crippen molar-refractivity contribution in [2.24, 2.45) is 34.5 Å². The van der Waals surface area contributed by atoms with E-state index >= 15 is 0 Å². The van der Waals surface area contributed by atoms with E-state index in [1.807, 2.05) is 0 Å². The highest BCUT2D eigenvalue weighted by atomic mass is 32.2. The maximum Gasteiger partial charge on any atom is 0.0795 e. The number of hydrogen-bond donors (Lipinski definition) is 1. The summed E-state index contributed by atoms with van der Waals surface area (Å²) in [6.07, 6.45) is 11.7. The van der Waals surface area contributed by atoms with Gasteiger partial charge >= 0.3 is 0 Å². The summed E-state index contributed by atoms with van der Waals surface area (Å²) in [5.41, 5.74) is 2.31. The van der Waals surface area contributed by atoms with Crippen LogP contribution in [0.3, 0.4) is 0 Å². The fraction of sp³-hybridized carbons (Fsp3) is 0.920. The van der Waals surface area contributed by atoms with E-state index in [0.29, 0.717) is 19.5 Å². The van der Waals surface area contributed by atoms with Crippen molar-refractivity contribution in [1.82, 2.24) is 0 Å². The van der Waals surface area contributed by atoms with Crippen LogP contribution in [-0.2, 0) is 0 Å². The van der Waals surface area contributed by atoms with Gasteiger partial charge in [-0.1, -0.05) is 25.5 Å². The highest BCUT2D eigenvalue weighted by molar-refractivity contribution is 8.21. The lowest BCUT2D eigenvalue weighted by Gasteiger charge is -2.61. The first kappa shape index (κ1) is 21.6. The first-order chi connectivity index (χ1) is 14.3. The Kier molecular flexibility index (Phi) is 5.26. The number of allylic oxidation sites excluding steroid dienone is 1. The monoisotopic (exact) mass is 482 g/mol. The maximum absolute atomic E-state index is 11.8. The lowest BCUT2D eigenvalue weighted by Crippen LogP contribution is -2.58. The van der Waals surface area contributed by atoms with E-state index in [4.69, 9.17) is 0 Å². The molecule has 1 nitrogen and oxygen atoms in total. The summed E-state index contributed by atoms with van der Waals surface area (Å²) in [5.74, 6) is 8.11. The smallest absolute Gasteiger partial charge is 0.0795 e. The van der Waals surface area contributed by atoms with E-state index in [1.54, 1.807) is 5.57 Å². The first-order valence-electron chi connectivity index (χ1n) is 12.3. The Morgan fingerprint density at radius 3 is 2.33 bits per heavy atom. The predicted molar refractivity (Wildman–Crippen MR) is 138 cm³/mol. The van der Waals surface area contributed by atoms with E-state index in [2.05, 4.69) is 73.9 Å². The van der Waals surface area contributed by atoms with E-state index in [-0.39, 0.29) is 11.5 Å². The Labute approximate surface area is 200 Å². The number of hydrogen-bond acceptors (Lipinski definition) is 5. The number of thioether (sulfide) groups is 4. The summed E-state index contributed by atoms with van der Waals surface area (Å²) in [5, 5.41) is 11.8. The molecule has 2 saturated heterocycles. The summed E-state index contributed by atoms with van der Waals surface area (Å²) in [7, 11) is 0. The van der Waals surface area contributed by atoms with Crippen LogP contribution < -0.4 is 0 Å². The van der Waals surface area contributed by atoms with Crippen LogP contribution in [0.4, 0.5) is 0 Å². The maximum atomic E-state index is 11.8. The van der Waals surface area contributed by atoms with Gasteiger partial charge in [0.05, 0.1) is 14.3 Å². The molecule has 4 aliphatic carbocycles. The molecule has 30 heavy (non-hydrogen) atoms. The van der Waals surface area contributed by atoms with Crippen LogP contribution in [0.5, 0.6) is 0 Å². The molecule has 3 saturated carbocycles. The van der Waals surface area contributed by atoms with Gasteiger partial charge in [0.15, 0.2) is 0 Å². The molecule has 0 radical (unpaired) electrons. The third-order valence-electron chi connectivity index (χ3n) is 10.3. The van der Waals surface area contributed by atoms with Crippen molar-refractivity contribution in [3.63, 3.8) is 0 Å². The number of fused-ring (bicyclic) bond motifs is 5. The van der Waals surface area contributed by atoms with Gasteiger partial charge in [0.2, 0.25) is 0 Å². The van der Waals surface area contributed by atoms with Crippen LogP contribution >= 0.6 is 47.0 Å². The molecule has 0 aromatic heterocycles. The molecular formula is C25H38OS4. The lowest BCUT2D eigenvalue weighted by molar-refractivity contribution is -0.128. The molecule has 6 rings (SSSR count). The Balaban J connectivity index is 1.32. The minimum Gasteiger partial charge on any atom is -0.393 e. The lowest BCUT2D eigenvalue weighted by atomic mass is 9.46. The van der Waals surface area contributed by atoms with Crippen LogP contribution in [0.15, 0.2) is 11.6 Å². The summed E-state index contributed by atoms with van der Waals surface area (Å²) in [6, 6.07) is 0. The van der Waals surface area contributed by atoms with Crippen molar-refractivity contribution >= 4 is 47.0 Å². The van der Waals surface area contributed by atoms with Crippen LogP contribution in [0, 0.1) is 34.5 Å². The SMILES string of the molecule is CC1(C2CCC3C4CCC5=CC6(CCC5(C)C4C(O)CC32C)SCCS6)SCCS1. The molecular weight excluding hydrogens is 445 g/mol. The molecule has 5 heteroatoms. The van der Waals surface area contributed by atoms with Crippen LogP contribution in [-0.4, -0.2) is 42.4 Å². The van der Waals surface area contributed by atoms with Crippen molar-refractivity contribution in [1.29, 1.82) is 0 Å². The van der Waals surface area contributed by atoms with Gasteiger partial charge < -0.3 is 5.11 Å². The molecule has 168 valence electrons. The first-order valence-corrected chi connectivity index (χ1v) is 16.2. The standard InChI is InChI=1S/C25H38OS4/c1-22-8-9-25(29-12-13-30-25)14-16(22)4-5-17-18-6-7-20(24(3)27-10-11-28-24)23(18,2)15-19(26)21(17)22/h14,17-21,26H,4-13,15H2,1-3H3. The largest absolute Gasteiger partial charge is 0.393 e. The summed E-state index contributed by atoms with van der Waals surface area (Å²) in [4.78, 5) is 0. The molecule has 6 aliphatic rings. The second-order valence-corrected chi connectivity index (χ2v) is 18.0. The average molecular weight is 483 g/mol. The third-order valence-corrected chi connectivity index (χ3v) is 17.2. The van der Waals surface area contributed by atoms with E-state index in [0.717, 1.165) is 24.2 Å². The van der Waals surface area contributed by atoms with Crippen LogP contribution in [0.1, 0.15) is 65.7 Å². The van der Waals surface area contributed by atoms with Gasteiger partial charge in [-0.15, -0.1) is 47.0 Å². The van der Waals surface area contributed by atoms with E-state index < -0.39 is 0 Å². The van der Waals surface area contributed by atoms with Crippen molar-refractivity contribution < 1.29 is 5.11 Å². The highest BCUT2D eigenvalue weighted by Gasteiger charge is 2.65.